The van der Waals surface area contributed by atoms with E-state index in [4.69, 9.17) is 9.47 Å². The van der Waals surface area contributed by atoms with Crippen LogP contribution in [0, 0.1) is 0 Å². The van der Waals surface area contributed by atoms with E-state index in [-0.39, 0.29) is 18.4 Å². The van der Waals surface area contributed by atoms with E-state index >= 15 is 0 Å². The van der Waals surface area contributed by atoms with Crippen LogP contribution in [0.3, 0.4) is 0 Å². The molecular formula is C24H24N4O4S. The quantitative estimate of drug-likeness (QED) is 0.578. The molecule has 0 fully saturated rings. The minimum atomic E-state index is -0.426. The van der Waals surface area contributed by atoms with Crippen LogP contribution in [0.5, 0.6) is 11.5 Å². The molecule has 1 atom stereocenters. The molecule has 2 aliphatic rings. The molecule has 0 unspecified atom stereocenters. The van der Waals surface area contributed by atoms with Gasteiger partial charge in [-0.3, -0.25) is 14.5 Å². The van der Waals surface area contributed by atoms with Crippen LogP contribution in [0.4, 0.5) is 11.4 Å². The minimum Gasteiger partial charge on any atom is -0.486 e. The van der Waals surface area contributed by atoms with Crippen LogP contribution in [0.25, 0.3) is 11.3 Å². The highest BCUT2D eigenvalue weighted by Gasteiger charge is 2.31. The highest BCUT2D eigenvalue weighted by molar-refractivity contribution is 8.00. The third kappa shape index (κ3) is 4.04. The largest absolute Gasteiger partial charge is 0.486 e. The second-order valence-corrected chi connectivity index (χ2v) is 9.09. The van der Waals surface area contributed by atoms with Gasteiger partial charge in [0, 0.05) is 12.1 Å². The first-order chi connectivity index (χ1) is 16.0. The maximum Gasteiger partial charge on any atom is 0.244 e. The molecule has 0 aliphatic carbocycles. The zero-order chi connectivity index (χ0) is 22.9. The Hall–Kier alpha value is -3.46. The van der Waals surface area contributed by atoms with Gasteiger partial charge in [-0.1, -0.05) is 23.9 Å². The normalized spacial score (nSPS) is 15.6. The van der Waals surface area contributed by atoms with Crippen molar-refractivity contribution in [2.24, 2.45) is 0 Å². The number of thioether (sulfide) groups is 1. The summed E-state index contributed by atoms with van der Waals surface area (Å²) in [6.07, 6.45) is 1.82. The molecule has 0 bridgehead atoms. The zero-order valence-corrected chi connectivity index (χ0v) is 19.2. The number of hydrogen-bond acceptors (Lipinski definition) is 6. The van der Waals surface area contributed by atoms with Crippen molar-refractivity contribution in [3.05, 3.63) is 48.7 Å². The Morgan fingerprint density at radius 2 is 1.97 bits per heavy atom. The van der Waals surface area contributed by atoms with Gasteiger partial charge in [0.1, 0.15) is 19.8 Å². The molecule has 1 aromatic heterocycles. The average Bonchev–Trinajstić information content (AvgIpc) is 3.25. The predicted octanol–water partition coefficient (Wildman–Crippen LogP) is 3.81. The lowest BCUT2D eigenvalue weighted by Crippen LogP contribution is -2.45. The number of fused-ring (bicyclic) bond motifs is 2. The Balaban J connectivity index is 1.38. The van der Waals surface area contributed by atoms with E-state index in [1.165, 1.54) is 11.8 Å². The highest BCUT2D eigenvalue weighted by Crippen LogP contribution is 2.37. The second-order valence-electron chi connectivity index (χ2n) is 7.78. The van der Waals surface area contributed by atoms with Crippen molar-refractivity contribution in [3.8, 4) is 22.8 Å². The number of anilines is 2. The molecule has 3 heterocycles. The number of carbonyl (C=O) groups excluding carboxylic acids is 2. The van der Waals surface area contributed by atoms with Gasteiger partial charge < -0.3 is 19.4 Å². The summed E-state index contributed by atoms with van der Waals surface area (Å²) < 4.78 is 13.4. The van der Waals surface area contributed by atoms with E-state index in [1.807, 2.05) is 56.4 Å². The van der Waals surface area contributed by atoms with Crippen LogP contribution in [0.1, 0.15) is 13.8 Å². The second kappa shape index (κ2) is 8.82. The highest BCUT2D eigenvalue weighted by atomic mass is 32.2. The lowest BCUT2D eigenvalue weighted by molar-refractivity contribution is -0.121. The molecule has 8 nitrogen and oxygen atoms in total. The van der Waals surface area contributed by atoms with Gasteiger partial charge >= 0.3 is 0 Å². The van der Waals surface area contributed by atoms with E-state index in [0.717, 1.165) is 27.9 Å². The van der Waals surface area contributed by atoms with Crippen molar-refractivity contribution in [1.29, 1.82) is 0 Å². The first-order valence-electron chi connectivity index (χ1n) is 10.9. The number of hydrogen-bond donors (Lipinski definition) is 1. The molecule has 9 heteroatoms. The summed E-state index contributed by atoms with van der Waals surface area (Å²) in [4.78, 5) is 31.6. The van der Waals surface area contributed by atoms with Gasteiger partial charge in [0.15, 0.2) is 16.7 Å². The summed E-state index contributed by atoms with van der Waals surface area (Å²) in [5.41, 5.74) is 3.28. The molecule has 33 heavy (non-hydrogen) atoms. The van der Waals surface area contributed by atoms with Crippen molar-refractivity contribution in [2.75, 3.05) is 30.0 Å². The number of aromatic nitrogens is 2. The average molecular weight is 465 g/mol. The van der Waals surface area contributed by atoms with Crippen LogP contribution >= 0.6 is 11.8 Å². The van der Waals surface area contributed by atoms with Gasteiger partial charge in [0.2, 0.25) is 11.8 Å². The summed E-state index contributed by atoms with van der Waals surface area (Å²) in [6.45, 7) is 5.68. The van der Waals surface area contributed by atoms with E-state index < -0.39 is 5.25 Å². The van der Waals surface area contributed by atoms with Gasteiger partial charge in [0.25, 0.3) is 0 Å². The minimum absolute atomic E-state index is 0.00537. The molecule has 2 aliphatic heterocycles. The number of benzene rings is 2. The summed E-state index contributed by atoms with van der Waals surface area (Å²) in [5, 5.41) is 3.14. The van der Waals surface area contributed by atoms with Crippen LogP contribution in [-0.4, -0.2) is 46.4 Å². The molecule has 0 saturated carbocycles. The van der Waals surface area contributed by atoms with E-state index in [2.05, 4.69) is 14.9 Å². The van der Waals surface area contributed by atoms with Crippen molar-refractivity contribution in [3.63, 3.8) is 0 Å². The number of ether oxygens (including phenoxy) is 2. The van der Waals surface area contributed by atoms with Crippen molar-refractivity contribution in [2.45, 2.75) is 30.8 Å². The summed E-state index contributed by atoms with van der Waals surface area (Å²) >= 11 is 1.39. The number of rotatable bonds is 5. The molecule has 5 rings (SSSR count). The maximum absolute atomic E-state index is 13.3. The van der Waals surface area contributed by atoms with Crippen molar-refractivity contribution >= 4 is 35.0 Å². The van der Waals surface area contributed by atoms with Crippen molar-refractivity contribution < 1.29 is 19.1 Å². The molecular weight excluding hydrogens is 440 g/mol. The zero-order valence-electron chi connectivity index (χ0n) is 18.4. The first-order valence-corrected chi connectivity index (χ1v) is 11.8. The standard InChI is InChI=1S/C24H24N4O4S/c1-3-27-19(16-8-9-20-21(12-16)32-11-10-31-20)13-25-24(27)33-15(2)23(30)28-14-22(29)26-17-6-4-5-7-18(17)28/h4-9,12-13,15H,3,10-11,14H2,1-2H3,(H,26,29)/t15-/m1/s1. The topological polar surface area (TPSA) is 85.7 Å². The third-order valence-corrected chi connectivity index (χ3v) is 6.73. The molecule has 0 saturated heterocycles. The molecule has 2 amide bonds. The van der Waals surface area contributed by atoms with E-state index in [1.54, 1.807) is 11.0 Å². The fraction of sp³-hybridized carbons (Fsp3) is 0.292. The van der Waals surface area contributed by atoms with Crippen LogP contribution in [0.2, 0.25) is 0 Å². The number of para-hydroxylation sites is 2. The smallest absolute Gasteiger partial charge is 0.244 e. The van der Waals surface area contributed by atoms with E-state index in [0.29, 0.717) is 31.1 Å². The van der Waals surface area contributed by atoms with Crippen molar-refractivity contribution in [1.82, 2.24) is 9.55 Å². The fourth-order valence-electron chi connectivity index (χ4n) is 4.05. The predicted molar refractivity (Wildman–Crippen MR) is 127 cm³/mol. The molecule has 0 spiro atoms. The Morgan fingerprint density at radius 1 is 1.18 bits per heavy atom. The molecule has 2 aromatic carbocycles. The Labute approximate surface area is 195 Å². The lowest BCUT2D eigenvalue weighted by atomic mass is 10.1. The third-order valence-electron chi connectivity index (χ3n) is 5.64. The summed E-state index contributed by atoms with van der Waals surface area (Å²) in [5.74, 6) is 1.14. The number of carbonyl (C=O) groups is 2. The van der Waals surface area contributed by atoms with Crippen LogP contribution < -0.4 is 19.7 Å². The molecule has 0 radical (unpaired) electrons. The van der Waals surface area contributed by atoms with Gasteiger partial charge in [0.05, 0.1) is 28.5 Å². The molecule has 1 N–H and O–H groups in total. The maximum atomic E-state index is 13.3. The van der Waals surface area contributed by atoms with E-state index in [9.17, 15) is 9.59 Å². The fourth-order valence-corrected chi connectivity index (χ4v) is 5.06. The number of amides is 2. The van der Waals surface area contributed by atoms with Gasteiger partial charge in [-0.15, -0.1) is 0 Å². The lowest BCUT2D eigenvalue weighted by Gasteiger charge is -2.30. The molecule has 3 aromatic rings. The molecule has 170 valence electrons. The van der Waals surface area contributed by atoms with Gasteiger partial charge in [-0.2, -0.15) is 0 Å². The Bertz CT molecular complexity index is 1220. The van der Waals surface area contributed by atoms with Gasteiger partial charge in [-0.25, -0.2) is 4.98 Å². The van der Waals surface area contributed by atoms with Crippen LogP contribution in [0.15, 0.2) is 53.8 Å². The van der Waals surface area contributed by atoms with Crippen LogP contribution in [-0.2, 0) is 16.1 Å². The Morgan fingerprint density at radius 3 is 2.79 bits per heavy atom. The summed E-state index contributed by atoms with van der Waals surface area (Å²) in [6, 6.07) is 13.2. The summed E-state index contributed by atoms with van der Waals surface area (Å²) in [7, 11) is 0. The monoisotopic (exact) mass is 464 g/mol. The van der Waals surface area contributed by atoms with Gasteiger partial charge in [-0.05, 0) is 44.2 Å². The SMILES string of the molecule is CCn1c(-c2ccc3c(c2)OCCO3)cnc1S[C@H](C)C(=O)N1CC(=O)Nc2ccccc21. The number of nitrogens with one attached hydrogen (secondary N) is 1. The first kappa shape index (κ1) is 21.4. The Kier molecular flexibility index (Phi) is 5.72. The number of imidazole rings is 1. The number of nitrogens with zero attached hydrogens (tertiary/aromatic N) is 3.